The number of ether oxygens (including phenoxy) is 2. The van der Waals surface area contributed by atoms with Crippen molar-refractivity contribution in [3.8, 4) is 5.88 Å². The summed E-state index contributed by atoms with van der Waals surface area (Å²) in [5.41, 5.74) is 5.98. The predicted octanol–water partition coefficient (Wildman–Crippen LogP) is 3.89. The van der Waals surface area contributed by atoms with Crippen LogP contribution in [-0.4, -0.2) is 17.6 Å². The summed E-state index contributed by atoms with van der Waals surface area (Å²) in [6.45, 7) is -0.505. The smallest absolute Gasteiger partial charge is 0.344 e. The average Bonchev–Trinajstić information content (AvgIpc) is 2.53. The molecule has 0 aliphatic carbocycles. The minimum absolute atomic E-state index is 0.0149. The topological polar surface area (TPSA) is 74.4 Å². The van der Waals surface area contributed by atoms with E-state index in [1.54, 1.807) is 24.3 Å². The minimum atomic E-state index is -1.05. The van der Waals surface area contributed by atoms with Crippen molar-refractivity contribution in [1.29, 1.82) is 0 Å². The number of nitrogen functional groups attached to an aromatic ring is 1. The molecule has 1 aromatic heterocycles. The van der Waals surface area contributed by atoms with Gasteiger partial charge >= 0.3 is 5.97 Å². The molecular formula is C14H10Cl3FN2O3. The van der Waals surface area contributed by atoms with E-state index in [4.69, 9.17) is 50.0 Å². The first-order valence-corrected chi connectivity index (χ1v) is 7.34. The van der Waals surface area contributed by atoms with E-state index in [1.807, 2.05) is 0 Å². The van der Waals surface area contributed by atoms with E-state index in [2.05, 4.69) is 4.98 Å². The van der Waals surface area contributed by atoms with Crippen molar-refractivity contribution in [2.24, 2.45) is 0 Å². The van der Waals surface area contributed by atoms with Crippen LogP contribution in [0.2, 0.25) is 15.1 Å². The highest BCUT2D eigenvalue weighted by Crippen LogP contribution is 2.35. The number of hydrogen-bond acceptors (Lipinski definition) is 5. The van der Waals surface area contributed by atoms with Crippen molar-refractivity contribution in [2.75, 3.05) is 12.3 Å². The second kappa shape index (κ2) is 7.68. The van der Waals surface area contributed by atoms with Crippen LogP contribution in [0.5, 0.6) is 5.88 Å². The third-order valence-corrected chi connectivity index (χ3v) is 3.62. The van der Waals surface area contributed by atoms with E-state index in [1.165, 1.54) is 0 Å². The largest absolute Gasteiger partial charge is 0.464 e. The monoisotopic (exact) mass is 378 g/mol. The molecule has 23 heavy (non-hydrogen) atoms. The van der Waals surface area contributed by atoms with Crippen molar-refractivity contribution in [3.05, 3.63) is 50.8 Å². The molecule has 0 fully saturated rings. The van der Waals surface area contributed by atoms with Gasteiger partial charge in [-0.25, -0.2) is 4.79 Å². The van der Waals surface area contributed by atoms with Crippen molar-refractivity contribution < 1.29 is 18.7 Å². The number of nitrogens with zero attached hydrogens (tertiary/aromatic N) is 1. The van der Waals surface area contributed by atoms with Crippen LogP contribution in [0.15, 0.2) is 24.3 Å². The molecule has 0 amide bonds. The van der Waals surface area contributed by atoms with Gasteiger partial charge in [-0.3, -0.25) is 0 Å². The van der Waals surface area contributed by atoms with Gasteiger partial charge in [-0.15, -0.1) is 0 Å². The Morgan fingerprint density at radius 2 is 2.00 bits per heavy atom. The fourth-order valence-electron chi connectivity index (χ4n) is 1.57. The standard InChI is InChI=1S/C14H10Cl3FN2O3/c15-8-3-1-2-7(4-8)5-22-9(21)6-23-14-11(17)12(19)10(16)13(18)20-14/h1-4H,5-6H2,(H2,19,20). The summed E-state index contributed by atoms with van der Waals surface area (Å²) in [7, 11) is 0. The number of nitrogens with two attached hydrogens (primary N) is 1. The zero-order valence-electron chi connectivity index (χ0n) is 11.5. The molecule has 1 aromatic carbocycles. The molecule has 0 aliphatic rings. The number of pyridine rings is 1. The molecule has 2 rings (SSSR count). The van der Waals surface area contributed by atoms with E-state index in [0.29, 0.717) is 10.6 Å². The Hall–Kier alpha value is -1.76. The number of anilines is 1. The number of esters is 1. The molecule has 5 nitrogen and oxygen atoms in total. The third-order valence-electron chi connectivity index (χ3n) is 2.66. The summed E-state index contributed by atoms with van der Waals surface area (Å²) in [4.78, 5) is 15.0. The third kappa shape index (κ3) is 4.60. The van der Waals surface area contributed by atoms with Gasteiger partial charge in [0.15, 0.2) is 6.61 Å². The normalized spacial score (nSPS) is 10.4. The van der Waals surface area contributed by atoms with Crippen LogP contribution in [-0.2, 0) is 16.1 Å². The van der Waals surface area contributed by atoms with Crippen LogP contribution in [0.4, 0.5) is 10.1 Å². The van der Waals surface area contributed by atoms with Crippen LogP contribution in [0.25, 0.3) is 0 Å². The number of rotatable bonds is 5. The van der Waals surface area contributed by atoms with Crippen molar-refractivity contribution in [1.82, 2.24) is 4.98 Å². The van der Waals surface area contributed by atoms with Crippen LogP contribution in [0.1, 0.15) is 5.56 Å². The zero-order chi connectivity index (χ0) is 17.0. The average molecular weight is 380 g/mol. The second-order valence-corrected chi connectivity index (χ2v) is 5.52. The van der Waals surface area contributed by atoms with Crippen LogP contribution >= 0.6 is 34.8 Å². The van der Waals surface area contributed by atoms with E-state index in [-0.39, 0.29) is 23.2 Å². The highest BCUT2D eigenvalue weighted by Gasteiger charge is 2.17. The molecule has 0 saturated heterocycles. The molecule has 1 heterocycles. The van der Waals surface area contributed by atoms with E-state index in [0.717, 1.165) is 0 Å². The lowest BCUT2D eigenvalue weighted by atomic mass is 10.2. The molecule has 0 aliphatic heterocycles. The molecule has 122 valence electrons. The zero-order valence-corrected chi connectivity index (χ0v) is 13.8. The van der Waals surface area contributed by atoms with Gasteiger partial charge in [0.25, 0.3) is 0 Å². The molecule has 0 spiro atoms. The molecule has 0 radical (unpaired) electrons. The fraction of sp³-hybridized carbons (Fsp3) is 0.143. The Morgan fingerprint density at radius 3 is 2.70 bits per heavy atom. The van der Waals surface area contributed by atoms with Gasteiger partial charge < -0.3 is 15.2 Å². The summed E-state index contributed by atoms with van der Waals surface area (Å²) in [5.74, 6) is -2.08. The second-order valence-electron chi connectivity index (χ2n) is 4.33. The number of halogens is 4. The first-order valence-electron chi connectivity index (χ1n) is 6.21. The molecule has 2 aromatic rings. The maximum atomic E-state index is 13.4. The summed E-state index contributed by atoms with van der Waals surface area (Å²) in [6, 6.07) is 6.82. The Morgan fingerprint density at radius 1 is 1.26 bits per heavy atom. The Bertz CT molecular complexity index is 743. The van der Waals surface area contributed by atoms with Crippen LogP contribution in [0.3, 0.4) is 0 Å². The number of carbonyl (C=O) groups is 1. The SMILES string of the molecule is Nc1c(Cl)c(F)nc(OCC(=O)OCc2cccc(Cl)c2)c1Cl. The van der Waals surface area contributed by atoms with Crippen LogP contribution in [0, 0.1) is 5.95 Å². The van der Waals surface area contributed by atoms with E-state index >= 15 is 0 Å². The van der Waals surface area contributed by atoms with E-state index in [9.17, 15) is 9.18 Å². The lowest BCUT2D eigenvalue weighted by molar-refractivity contribution is -0.147. The number of aromatic nitrogens is 1. The van der Waals surface area contributed by atoms with Gasteiger partial charge in [-0.2, -0.15) is 9.37 Å². The molecule has 9 heteroatoms. The van der Waals surface area contributed by atoms with Gasteiger partial charge in [0, 0.05) is 5.02 Å². The number of carbonyl (C=O) groups excluding carboxylic acids is 1. The van der Waals surface area contributed by atoms with Gasteiger partial charge in [-0.1, -0.05) is 46.9 Å². The molecule has 0 bridgehead atoms. The minimum Gasteiger partial charge on any atom is -0.464 e. The lowest BCUT2D eigenvalue weighted by Crippen LogP contribution is -2.16. The predicted molar refractivity (Wildman–Crippen MR) is 85.4 cm³/mol. The Kier molecular flexibility index (Phi) is 5.87. The maximum Gasteiger partial charge on any atom is 0.344 e. The summed E-state index contributed by atoms with van der Waals surface area (Å²) in [6.07, 6.45) is 0. The van der Waals surface area contributed by atoms with Crippen molar-refractivity contribution in [3.63, 3.8) is 0 Å². The first-order chi connectivity index (χ1) is 10.9. The summed E-state index contributed by atoms with van der Waals surface area (Å²) in [5, 5.41) is -0.0668. The van der Waals surface area contributed by atoms with E-state index < -0.39 is 23.5 Å². The van der Waals surface area contributed by atoms with Gasteiger partial charge in [0.1, 0.15) is 16.7 Å². The lowest BCUT2D eigenvalue weighted by Gasteiger charge is -2.10. The number of benzene rings is 1. The first kappa shape index (κ1) is 17.6. The van der Waals surface area contributed by atoms with Crippen LogP contribution < -0.4 is 10.5 Å². The highest BCUT2D eigenvalue weighted by atomic mass is 35.5. The van der Waals surface area contributed by atoms with Gasteiger partial charge in [0.05, 0.1) is 5.69 Å². The highest BCUT2D eigenvalue weighted by molar-refractivity contribution is 6.39. The Balaban J connectivity index is 1.92. The maximum absolute atomic E-state index is 13.4. The van der Waals surface area contributed by atoms with Gasteiger partial charge in [0.2, 0.25) is 11.8 Å². The van der Waals surface area contributed by atoms with Gasteiger partial charge in [-0.05, 0) is 17.7 Å². The molecule has 0 saturated carbocycles. The Labute approximate surface area is 146 Å². The van der Waals surface area contributed by atoms with Crippen molar-refractivity contribution in [2.45, 2.75) is 6.61 Å². The molecule has 2 N–H and O–H groups in total. The molecular weight excluding hydrogens is 370 g/mol. The molecule has 0 atom stereocenters. The quantitative estimate of drug-likeness (QED) is 0.630. The summed E-state index contributed by atoms with van der Waals surface area (Å²) < 4.78 is 23.4. The molecule has 0 unspecified atom stereocenters. The summed E-state index contributed by atoms with van der Waals surface area (Å²) >= 11 is 17.2. The fourth-order valence-corrected chi connectivity index (χ4v) is 2.15. The van der Waals surface area contributed by atoms with Crippen molar-refractivity contribution >= 4 is 46.5 Å². The number of hydrogen-bond donors (Lipinski definition) is 1.